The predicted molar refractivity (Wildman–Crippen MR) is 139 cm³/mol. The molecule has 0 bridgehead atoms. The second-order valence-corrected chi connectivity index (χ2v) is 10.9. The van der Waals surface area contributed by atoms with Gasteiger partial charge in [-0.15, -0.1) is 0 Å². The van der Waals surface area contributed by atoms with Crippen LogP contribution < -0.4 is 14.4 Å². The highest BCUT2D eigenvalue weighted by atomic mass is 32.2. The number of ether oxygens (including phenoxy) is 1. The van der Waals surface area contributed by atoms with Crippen molar-refractivity contribution >= 4 is 27.5 Å². The Kier molecular flexibility index (Phi) is 10.1. The minimum absolute atomic E-state index is 0.134. The molecule has 9 heteroatoms. The summed E-state index contributed by atoms with van der Waals surface area (Å²) in [5.74, 6) is 0.151. The Bertz CT molecular complexity index is 1120. The normalized spacial score (nSPS) is 12.2. The Balaban J connectivity index is 2.45. The van der Waals surface area contributed by atoms with Crippen molar-refractivity contribution in [3.05, 3.63) is 59.7 Å². The van der Waals surface area contributed by atoms with Crippen LogP contribution in [0.3, 0.4) is 0 Å². The van der Waals surface area contributed by atoms with Crippen molar-refractivity contribution in [1.82, 2.24) is 10.2 Å². The van der Waals surface area contributed by atoms with Crippen LogP contribution in [0.15, 0.2) is 48.5 Å². The summed E-state index contributed by atoms with van der Waals surface area (Å²) in [5, 5.41) is 2.91. The average Bonchev–Trinajstić information content (AvgIpc) is 2.80. The lowest BCUT2D eigenvalue weighted by Crippen LogP contribution is -2.52. The van der Waals surface area contributed by atoms with Crippen LogP contribution in [0.5, 0.6) is 5.75 Å². The van der Waals surface area contributed by atoms with Gasteiger partial charge in [0.25, 0.3) is 0 Å². The summed E-state index contributed by atoms with van der Waals surface area (Å²) in [4.78, 5) is 28.2. The minimum Gasteiger partial charge on any atom is -0.497 e. The molecule has 2 amide bonds. The highest BCUT2D eigenvalue weighted by Crippen LogP contribution is 2.23. The van der Waals surface area contributed by atoms with Gasteiger partial charge in [-0.1, -0.05) is 51.1 Å². The first kappa shape index (κ1) is 28.2. The van der Waals surface area contributed by atoms with E-state index in [0.29, 0.717) is 24.4 Å². The zero-order valence-corrected chi connectivity index (χ0v) is 22.3. The van der Waals surface area contributed by atoms with E-state index in [-0.39, 0.29) is 18.4 Å². The molecule has 0 saturated carbocycles. The van der Waals surface area contributed by atoms with Crippen LogP contribution >= 0.6 is 0 Å². The smallest absolute Gasteiger partial charge is 0.244 e. The number of hydrogen-bond donors (Lipinski definition) is 1. The molecular formula is C26H37N3O5S. The van der Waals surface area contributed by atoms with Crippen LogP contribution in [0, 0.1) is 12.8 Å². The van der Waals surface area contributed by atoms with E-state index in [4.69, 9.17) is 4.74 Å². The fourth-order valence-corrected chi connectivity index (χ4v) is 4.65. The lowest BCUT2D eigenvalue weighted by Gasteiger charge is -2.33. The molecule has 35 heavy (non-hydrogen) atoms. The minimum atomic E-state index is -3.76. The molecule has 2 rings (SSSR count). The third kappa shape index (κ3) is 7.99. The Morgan fingerprint density at radius 2 is 1.77 bits per heavy atom. The van der Waals surface area contributed by atoms with Gasteiger partial charge in [0.2, 0.25) is 21.8 Å². The topological polar surface area (TPSA) is 96.0 Å². The van der Waals surface area contributed by atoms with Gasteiger partial charge in [-0.25, -0.2) is 8.42 Å². The van der Waals surface area contributed by atoms with E-state index in [2.05, 4.69) is 5.32 Å². The number of amides is 2. The number of benzene rings is 2. The molecule has 0 aromatic heterocycles. The summed E-state index contributed by atoms with van der Waals surface area (Å²) in [7, 11) is -2.20. The molecule has 192 valence electrons. The van der Waals surface area contributed by atoms with Crippen LogP contribution in [-0.2, 0) is 26.2 Å². The van der Waals surface area contributed by atoms with Crippen LogP contribution in [-0.4, -0.2) is 57.6 Å². The summed E-state index contributed by atoms with van der Waals surface area (Å²) in [6, 6.07) is 13.5. The summed E-state index contributed by atoms with van der Waals surface area (Å²) in [5.41, 5.74) is 1.93. The van der Waals surface area contributed by atoms with E-state index in [1.165, 1.54) is 4.90 Å². The number of sulfonamides is 1. The Morgan fingerprint density at radius 3 is 2.34 bits per heavy atom. The Hall–Kier alpha value is -3.07. The van der Waals surface area contributed by atoms with E-state index < -0.39 is 28.5 Å². The van der Waals surface area contributed by atoms with Gasteiger partial charge in [0.05, 0.1) is 19.1 Å². The van der Waals surface area contributed by atoms with Gasteiger partial charge in [0, 0.05) is 13.1 Å². The molecule has 0 spiro atoms. The second-order valence-electron chi connectivity index (χ2n) is 8.99. The quantitative estimate of drug-likeness (QED) is 0.479. The van der Waals surface area contributed by atoms with Crippen molar-refractivity contribution < 1.29 is 22.7 Å². The van der Waals surface area contributed by atoms with Gasteiger partial charge in [0.1, 0.15) is 18.3 Å². The number of carbonyl (C=O) groups is 2. The van der Waals surface area contributed by atoms with Crippen LogP contribution in [0.2, 0.25) is 0 Å². The fourth-order valence-electron chi connectivity index (χ4n) is 3.75. The van der Waals surface area contributed by atoms with Gasteiger partial charge in [-0.2, -0.15) is 0 Å². The van der Waals surface area contributed by atoms with Gasteiger partial charge in [-0.3, -0.25) is 13.9 Å². The molecule has 1 atom stereocenters. The molecule has 0 radical (unpaired) electrons. The van der Waals surface area contributed by atoms with E-state index in [9.17, 15) is 18.0 Å². The zero-order valence-electron chi connectivity index (χ0n) is 21.4. The highest BCUT2D eigenvalue weighted by Gasteiger charge is 2.32. The molecule has 0 aliphatic carbocycles. The molecule has 8 nitrogen and oxygen atoms in total. The summed E-state index contributed by atoms with van der Waals surface area (Å²) in [6.45, 7) is 7.81. The summed E-state index contributed by atoms with van der Waals surface area (Å²) >= 11 is 0. The fraction of sp³-hybridized carbons (Fsp3) is 0.462. The van der Waals surface area contributed by atoms with Crippen molar-refractivity contribution in [2.75, 3.05) is 30.8 Å². The van der Waals surface area contributed by atoms with Crippen molar-refractivity contribution in [2.24, 2.45) is 5.92 Å². The van der Waals surface area contributed by atoms with Crippen molar-refractivity contribution in [2.45, 2.75) is 46.7 Å². The maximum absolute atomic E-state index is 13.7. The first-order valence-electron chi connectivity index (χ1n) is 11.7. The van der Waals surface area contributed by atoms with Crippen LogP contribution in [0.25, 0.3) is 0 Å². The van der Waals surface area contributed by atoms with Crippen LogP contribution in [0.4, 0.5) is 5.69 Å². The number of para-hydroxylation sites is 1. The van der Waals surface area contributed by atoms with Gasteiger partial charge >= 0.3 is 0 Å². The number of hydrogen-bond acceptors (Lipinski definition) is 5. The summed E-state index contributed by atoms with van der Waals surface area (Å²) < 4.78 is 31.8. The summed E-state index contributed by atoms with van der Waals surface area (Å²) in [6.07, 6.45) is 1.45. The standard InChI is InChI=1S/C26H37N3O5S/c1-7-23(26(31)27-16-19(2)3)28(17-21-12-10-13-22(15-21)34-5)25(30)18-29(35(6,32)33)24-14-9-8-11-20(24)4/h8-15,19,23H,7,16-18H2,1-6H3,(H,27,31). The molecule has 0 heterocycles. The maximum Gasteiger partial charge on any atom is 0.244 e. The van der Waals surface area contributed by atoms with Crippen LogP contribution in [0.1, 0.15) is 38.3 Å². The number of nitrogens with zero attached hydrogens (tertiary/aromatic N) is 2. The lowest BCUT2D eigenvalue weighted by molar-refractivity contribution is -0.140. The van der Waals surface area contributed by atoms with Crippen molar-refractivity contribution in [3.8, 4) is 5.75 Å². The molecule has 0 aliphatic heterocycles. The first-order chi connectivity index (χ1) is 16.5. The van der Waals surface area contributed by atoms with E-state index in [1.54, 1.807) is 44.4 Å². The number of aryl methyl sites for hydroxylation is 1. The highest BCUT2D eigenvalue weighted by molar-refractivity contribution is 7.92. The molecule has 0 fully saturated rings. The van der Waals surface area contributed by atoms with Crippen molar-refractivity contribution in [1.29, 1.82) is 0 Å². The number of nitrogens with one attached hydrogen (secondary N) is 1. The molecule has 2 aromatic carbocycles. The van der Waals surface area contributed by atoms with Gasteiger partial charge < -0.3 is 15.0 Å². The SMILES string of the molecule is CCC(C(=O)NCC(C)C)N(Cc1cccc(OC)c1)C(=O)CN(c1ccccc1C)S(C)(=O)=O. The molecule has 2 aromatic rings. The van der Waals surface area contributed by atoms with E-state index in [1.807, 2.05) is 39.0 Å². The van der Waals surface area contributed by atoms with Crippen molar-refractivity contribution in [3.63, 3.8) is 0 Å². The first-order valence-corrected chi connectivity index (χ1v) is 13.6. The molecule has 0 aliphatic rings. The molecule has 0 saturated heterocycles. The Labute approximate surface area is 209 Å². The van der Waals surface area contributed by atoms with E-state index in [0.717, 1.165) is 21.7 Å². The zero-order chi connectivity index (χ0) is 26.2. The lowest BCUT2D eigenvalue weighted by atomic mass is 10.1. The number of anilines is 1. The van der Waals surface area contributed by atoms with E-state index >= 15 is 0 Å². The molecular weight excluding hydrogens is 466 g/mol. The van der Waals surface area contributed by atoms with Gasteiger partial charge in [0.15, 0.2) is 0 Å². The van der Waals surface area contributed by atoms with Gasteiger partial charge in [-0.05, 0) is 48.6 Å². The predicted octanol–water partition coefficient (Wildman–Crippen LogP) is 3.35. The Morgan fingerprint density at radius 1 is 1.09 bits per heavy atom. The average molecular weight is 504 g/mol. The third-order valence-electron chi connectivity index (χ3n) is 5.62. The maximum atomic E-state index is 13.7. The third-order valence-corrected chi connectivity index (χ3v) is 6.75. The molecule has 1 unspecified atom stereocenters. The number of methoxy groups -OCH3 is 1. The largest absolute Gasteiger partial charge is 0.497 e. The number of carbonyl (C=O) groups excluding carboxylic acids is 2. The second kappa shape index (κ2) is 12.6. The number of rotatable bonds is 12. The molecule has 1 N–H and O–H groups in total. The monoisotopic (exact) mass is 503 g/mol.